The van der Waals surface area contributed by atoms with E-state index in [0.29, 0.717) is 6.04 Å². The summed E-state index contributed by atoms with van der Waals surface area (Å²) < 4.78 is 12.9. The van der Waals surface area contributed by atoms with E-state index < -0.39 is 0 Å². The first kappa shape index (κ1) is 15.1. The van der Waals surface area contributed by atoms with Crippen molar-refractivity contribution in [2.75, 3.05) is 0 Å². The first-order chi connectivity index (χ1) is 9.54. The summed E-state index contributed by atoms with van der Waals surface area (Å²) in [6.07, 6.45) is 0. The molecule has 0 radical (unpaired) electrons. The molecule has 0 aliphatic rings. The Hall–Kier alpha value is -1.32. The lowest BCUT2D eigenvalue weighted by atomic mass is 10.1. The Balaban J connectivity index is 2.06. The molecule has 2 aromatic rings. The largest absolute Gasteiger partial charge is 0.310 e. The van der Waals surface area contributed by atoms with Crippen LogP contribution in [-0.4, -0.2) is 6.04 Å². The van der Waals surface area contributed by atoms with Crippen molar-refractivity contribution in [3.8, 4) is 0 Å². The molecule has 0 spiro atoms. The second-order valence-corrected chi connectivity index (χ2v) is 6.33. The summed E-state index contributed by atoms with van der Waals surface area (Å²) >= 11 is 1.66. The lowest BCUT2D eigenvalue weighted by molar-refractivity contribution is 0.587. The van der Waals surface area contributed by atoms with Crippen LogP contribution < -0.4 is 5.32 Å². The standard InChI is InChI=1S/C17H20FNS/c1-12(2)19-11-14-4-7-17(10-13(14)3)20-16-8-5-15(18)6-9-16/h4-10,12,19H,11H2,1-3H3. The van der Waals surface area contributed by atoms with E-state index in [1.807, 2.05) is 12.1 Å². The summed E-state index contributed by atoms with van der Waals surface area (Å²) in [6, 6.07) is 13.6. The molecule has 0 saturated heterocycles. The number of aryl methyl sites for hydroxylation is 1. The molecule has 20 heavy (non-hydrogen) atoms. The van der Waals surface area contributed by atoms with Crippen molar-refractivity contribution in [2.24, 2.45) is 0 Å². The summed E-state index contributed by atoms with van der Waals surface area (Å²) in [7, 11) is 0. The zero-order valence-electron chi connectivity index (χ0n) is 12.1. The third-order valence-corrected chi connectivity index (χ3v) is 4.06. The predicted octanol–water partition coefficient (Wildman–Crippen LogP) is 4.78. The second kappa shape index (κ2) is 6.91. The van der Waals surface area contributed by atoms with Crippen molar-refractivity contribution in [2.45, 2.75) is 43.1 Å². The van der Waals surface area contributed by atoms with Crippen LogP contribution in [0.5, 0.6) is 0 Å². The van der Waals surface area contributed by atoms with Crippen LogP contribution in [0.2, 0.25) is 0 Å². The minimum Gasteiger partial charge on any atom is -0.310 e. The average molecular weight is 289 g/mol. The molecule has 0 amide bonds. The normalized spacial score (nSPS) is 11.1. The molecule has 2 rings (SSSR count). The van der Waals surface area contributed by atoms with Gasteiger partial charge in [-0.25, -0.2) is 4.39 Å². The van der Waals surface area contributed by atoms with Crippen molar-refractivity contribution in [3.05, 3.63) is 59.4 Å². The van der Waals surface area contributed by atoms with Gasteiger partial charge in [-0.2, -0.15) is 0 Å². The van der Waals surface area contributed by atoms with Crippen LogP contribution in [-0.2, 0) is 6.54 Å². The van der Waals surface area contributed by atoms with Gasteiger partial charge in [0.1, 0.15) is 5.82 Å². The zero-order chi connectivity index (χ0) is 14.5. The fourth-order valence-corrected chi connectivity index (χ4v) is 2.80. The monoisotopic (exact) mass is 289 g/mol. The Bertz CT molecular complexity index is 564. The highest BCUT2D eigenvalue weighted by atomic mass is 32.2. The quantitative estimate of drug-likeness (QED) is 0.850. The number of hydrogen-bond donors (Lipinski definition) is 1. The van der Waals surface area contributed by atoms with E-state index in [0.717, 1.165) is 11.4 Å². The highest BCUT2D eigenvalue weighted by molar-refractivity contribution is 7.99. The van der Waals surface area contributed by atoms with Gasteiger partial charge < -0.3 is 5.32 Å². The Morgan fingerprint density at radius 3 is 2.30 bits per heavy atom. The molecule has 2 aromatic carbocycles. The van der Waals surface area contributed by atoms with E-state index in [1.54, 1.807) is 11.8 Å². The van der Waals surface area contributed by atoms with Crippen molar-refractivity contribution in [1.29, 1.82) is 0 Å². The first-order valence-corrected chi connectivity index (χ1v) is 7.62. The van der Waals surface area contributed by atoms with E-state index >= 15 is 0 Å². The van der Waals surface area contributed by atoms with E-state index in [1.165, 1.54) is 28.2 Å². The van der Waals surface area contributed by atoms with Crippen molar-refractivity contribution in [3.63, 3.8) is 0 Å². The van der Waals surface area contributed by atoms with Gasteiger partial charge in [0.2, 0.25) is 0 Å². The molecule has 1 N–H and O–H groups in total. The summed E-state index contributed by atoms with van der Waals surface area (Å²) in [5.41, 5.74) is 2.60. The minimum atomic E-state index is -0.194. The van der Waals surface area contributed by atoms with Crippen molar-refractivity contribution in [1.82, 2.24) is 5.32 Å². The van der Waals surface area contributed by atoms with Gasteiger partial charge in [0.05, 0.1) is 0 Å². The lowest BCUT2D eigenvalue weighted by Gasteiger charge is -2.11. The molecule has 106 valence electrons. The Morgan fingerprint density at radius 1 is 1.05 bits per heavy atom. The van der Waals surface area contributed by atoms with Gasteiger partial charge >= 0.3 is 0 Å². The molecule has 0 saturated carbocycles. The fourth-order valence-electron chi connectivity index (χ4n) is 1.88. The van der Waals surface area contributed by atoms with Crippen LogP contribution in [0.3, 0.4) is 0 Å². The molecule has 0 heterocycles. The summed E-state index contributed by atoms with van der Waals surface area (Å²) in [6.45, 7) is 7.32. The molecular weight excluding hydrogens is 269 g/mol. The fraction of sp³-hybridized carbons (Fsp3) is 0.294. The smallest absolute Gasteiger partial charge is 0.123 e. The molecule has 0 fully saturated rings. The van der Waals surface area contributed by atoms with Gasteiger partial charge in [-0.05, 0) is 54.4 Å². The van der Waals surface area contributed by atoms with Crippen LogP contribution in [0.4, 0.5) is 4.39 Å². The third-order valence-electron chi connectivity index (χ3n) is 3.06. The molecule has 1 nitrogen and oxygen atoms in total. The summed E-state index contributed by atoms with van der Waals surface area (Å²) in [5.74, 6) is -0.194. The topological polar surface area (TPSA) is 12.0 Å². The molecule has 0 aliphatic heterocycles. The summed E-state index contributed by atoms with van der Waals surface area (Å²) in [4.78, 5) is 2.24. The highest BCUT2D eigenvalue weighted by Gasteiger charge is 2.03. The van der Waals surface area contributed by atoms with Crippen LogP contribution in [0.1, 0.15) is 25.0 Å². The second-order valence-electron chi connectivity index (χ2n) is 5.18. The summed E-state index contributed by atoms with van der Waals surface area (Å²) in [5, 5.41) is 3.43. The van der Waals surface area contributed by atoms with Crippen LogP contribution in [0.25, 0.3) is 0 Å². The van der Waals surface area contributed by atoms with Gasteiger partial charge in [0, 0.05) is 22.4 Å². The van der Waals surface area contributed by atoms with Crippen LogP contribution in [0.15, 0.2) is 52.3 Å². The molecule has 0 atom stereocenters. The van der Waals surface area contributed by atoms with Gasteiger partial charge in [0.25, 0.3) is 0 Å². The highest BCUT2D eigenvalue weighted by Crippen LogP contribution is 2.29. The molecule has 0 aliphatic carbocycles. The van der Waals surface area contributed by atoms with E-state index in [2.05, 4.69) is 44.3 Å². The molecule has 0 bridgehead atoms. The lowest BCUT2D eigenvalue weighted by Crippen LogP contribution is -2.22. The van der Waals surface area contributed by atoms with Gasteiger partial charge in [-0.1, -0.05) is 31.7 Å². The van der Waals surface area contributed by atoms with E-state index in [9.17, 15) is 4.39 Å². The molecule has 3 heteroatoms. The number of nitrogens with one attached hydrogen (secondary N) is 1. The Labute approximate surface area is 124 Å². The molecule has 0 unspecified atom stereocenters. The van der Waals surface area contributed by atoms with Gasteiger partial charge in [-0.3, -0.25) is 0 Å². The first-order valence-electron chi connectivity index (χ1n) is 6.81. The van der Waals surface area contributed by atoms with Gasteiger partial charge in [-0.15, -0.1) is 0 Å². The van der Waals surface area contributed by atoms with Crippen LogP contribution in [0, 0.1) is 12.7 Å². The van der Waals surface area contributed by atoms with Crippen molar-refractivity contribution < 1.29 is 4.39 Å². The number of benzene rings is 2. The van der Waals surface area contributed by atoms with Crippen LogP contribution >= 0.6 is 11.8 Å². The van der Waals surface area contributed by atoms with Crippen molar-refractivity contribution >= 4 is 11.8 Å². The maximum atomic E-state index is 12.9. The number of halogens is 1. The predicted molar refractivity (Wildman–Crippen MR) is 83.7 cm³/mol. The zero-order valence-corrected chi connectivity index (χ0v) is 12.9. The number of hydrogen-bond acceptors (Lipinski definition) is 2. The Morgan fingerprint density at radius 2 is 1.70 bits per heavy atom. The molecular formula is C17H20FNS. The van der Waals surface area contributed by atoms with E-state index in [4.69, 9.17) is 0 Å². The maximum Gasteiger partial charge on any atom is 0.123 e. The SMILES string of the molecule is Cc1cc(Sc2ccc(F)cc2)ccc1CNC(C)C. The minimum absolute atomic E-state index is 0.194. The third kappa shape index (κ3) is 4.36. The molecule has 0 aromatic heterocycles. The number of rotatable bonds is 5. The maximum absolute atomic E-state index is 12.9. The average Bonchev–Trinajstić information content (AvgIpc) is 2.40. The van der Waals surface area contributed by atoms with E-state index in [-0.39, 0.29) is 5.82 Å². The van der Waals surface area contributed by atoms with Gasteiger partial charge in [0.15, 0.2) is 0 Å². The Kier molecular flexibility index (Phi) is 5.21.